The molecule has 0 fully saturated rings. The van der Waals surface area contributed by atoms with Crippen molar-refractivity contribution in [2.24, 2.45) is 0 Å². The van der Waals surface area contributed by atoms with Gasteiger partial charge in [-0.2, -0.15) is 0 Å². The molecule has 5 heteroatoms. The number of hydrogen-bond acceptors (Lipinski definition) is 4. The van der Waals surface area contributed by atoms with E-state index in [4.69, 9.17) is 17.3 Å². The van der Waals surface area contributed by atoms with Crippen LogP contribution < -0.4 is 5.73 Å². The molecule has 2 aromatic heterocycles. The van der Waals surface area contributed by atoms with Crippen molar-refractivity contribution in [1.82, 2.24) is 15.0 Å². The number of pyridine rings is 1. The Hall–Kier alpha value is -1.68. The molecular formula is C13H15ClN4. The van der Waals surface area contributed by atoms with Crippen LogP contribution in [0.15, 0.2) is 18.3 Å². The molecule has 0 aliphatic heterocycles. The summed E-state index contributed by atoms with van der Waals surface area (Å²) in [7, 11) is 0. The third kappa shape index (κ3) is 2.29. The van der Waals surface area contributed by atoms with Gasteiger partial charge in [0.1, 0.15) is 11.5 Å². The van der Waals surface area contributed by atoms with Crippen molar-refractivity contribution in [1.29, 1.82) is 0 Å². The van der Waals surface area contributed by atoms with Crippen LogP contribution in [0.2, 0.25) is 5.02 Å². The number of rotatable bonds is 2. The van der Waals surface area contributed by atoms with Crippen LogP contribution in [0, 0.1) is 6.92 Å². The zero-order chi connectivity index (χ0) is 13.3. The number of nitrogens with zero attached hydrogens (tertiary/aromatic N) is 3. The van der Waals surface area contributed by atoms with Gasteiger partial charge in [0, 0.05) is 17.5 Å². The summed E-state index contributed by atoms with van der Waals surface area (Å²) in [6.07, 6.45) is 1.66. The standard InChI is InChI=1S/C13H15ClN4/c1-7(2)10-8(3)17-13(18-12(10)15)11-9(14)5-4-6-16-11/h4-7H,1-3H3,(H2,15,17,18). The highest BCUT2D eigenvalue weighted by Crippen LogP contribution is 2.28. The average molecular weight is 263 g/mol. The maximum absolute atomic E-state index is 6.08. The zero-order valence-electron chi connectivity index (χ0n) is 10.6. The Bertz CT molecular complexity index is 558. The van der Waals surface area contributed by atoms with Gasteiger partial charge in [-0.15, -0.1) is 0 Å². The second kappa shape index (κ2) is 4.90. The van der Waals surface area contributed by atoms with E-state index < -0.39 is 0 Å². The number of aromatic nitrogens is 3. The molecular weight excluding hydrogens is 248 g/mol. The highest BCUT2D eigenvalue weighted by Gasteiger charge is 2.15. The van der Waals surface area contributed by atoms with Gasteiger partial charge in [-0.3, -0.25) is 4.98 Å². The van der Waals surface area contributed by atoms with Crippen molar-refractivity contribution >= 4 is 17.4 Å². The molecule has 0 bridgehead atoms. The van der Waals surface area contributed by atoms with Crippen LogP contribution >= 0.6 is 11.6 Å². The van der Waals surface area contributed by atoms with E-state index in [1.165, 1.54) is 0 Å². The van der Waals surface area contributed by atoms with Crippen molar-refractivity contribution in [3.8, 4) is 11.5 Å². The Labute approximate surface area is 111 Å². The van der Waals surface area contributed by atoms with E-state index in [1.807, 2.05) is 6.92 Å². The predicted octanol–water partition coefficient (Wildman–Crippen LogP) is 3.21. The van der Waals surface area contributed by atoms with Crippen molar-refractivity contribution in [3.63, 3.8) is 0 Å². The summed E-state index contributed by atoms with van der Waals surface area (Å²) in [5, 5.41) is 0.522. The van der Waals surface area contributed by atoms with Gasteiger partial charge in [-0.05, 0) is 25.0 Å². The van der Waals surface area contributed by atoms with Crippen LogP contribution in [-0.4, -0.2) is 15.0 Å². The van der Waals surface area contributed by atoms with Crippen LogP contribution in [0.25, 0.3) is 11.5 Å². The van der Waals surface area contributed by atoms with Gasteiger partial charge >= 0.3 is 0 Å². The molecule has 0 aromatic carbocycles. The second-order valence-corrected chi connectivity index (χ2v) is 4.83. The molecule has 18 heavy (non-hydrogen) atoms. The largest absolute Gasteiger partial charge is 0.383 e. The Balaban J connectivity index is 2.59. The fraction of sp³-hybridized carbons (Fsp3) is 0.308. The smallest absolute Gasteiger partial charge is 0.181 e. The molecule has 0 unspecified atom stereocenters. The van der Waals surface area contributed by atoms with Gasteiger partial charge in [0.15, 0.2) is 5.82 Å². The third-order valence-corrected chi connectivity index (χ3v) is 3.02. The predicted molar refractivity (Wildman–Crippen MR) is 73.5 cm³/mol. The van der Waals surface area contributed by atoms with E-state index in [0.29, 0.717) is 28.3 Å². The first-order valence-electron chi connectivity index (χ1n) is 5.75. The molecule has 0 radical (unpaired) electrons. The van der Waals surface area contributed by atoms with Crippen LogP contribution in [0.4, 0.5) is 5.82 Å². The first-order valence-corrected chi connectivity index (χ1v) is 6.13. The normalized spacial score (nSPS) is 10.9. The molecule has 0 aliphatic carbocycles. The SMILES string of the molecule is Cc1nc(-c2ncccc2Cl)nc(N)c1C(C)C. The van der Waals surface area contributed by atoms with Crippen molar-refractivity contribution in [3.05, 3.63) is 34.6 Å². The molecule has 2 rings (SSSR count). The number of halogens is 1. The molecule has 94 valence electrons. The fourth-order valence-electron chi connectivity index (χ4n) is 1.97. The summed E-state index contributed by atoms with van der Waals surface area (Å²) in [5.74, 6) is 1.26. The van der Waals surface area contributed by atoms with E-state index in [0.717, 1.165) is 11.3 Å². The van der Waals surface area contributed by atoms with E-state index in [2.05, 4.69) is 28.8 Å². The lowest BCUT2D eigenvalue weighted by Gasteiger charge is -2.13. The average Bonchev–Trinajstić information content (AvgIpc) is 2.27. The Morgan fingerprint density at radius 1 is 1.28 bits per heavy atom. The van der Waals surface area contributed by atoms with Gasteiger partial charge in [0.05, 0.1) is 5.02 Å². The molecule has 4 nitrogen and oxygen atoms in total. The summed E-state index contributed by atoms with van der Waals surface area (Å²) in [5.41, 5.74) is 8.40. The molecule has 2 heterocycles. The topological polar surface area (TPSA) is 64.7 Å². The Morgan fingerprint density at radius 3 is 2.56 bits per heavy atom. The van der Waals surface area contributed by atoms with E-state index in [1.54, 1.807) is 18.3 Å². The van der Waals surface area contributed by atoms with Crippen LogP contribution in [0.1, 0.15) is 31.0 Å². The van der Waals surface area contributed by atoms with Gasteiger partial charge in [0.2, 0.25) is 0 Å². The second-order valence-electron chi connectivity index (χ2n) is 4.42. The van der Waals surface area contributed by atoms with Gasteiger partial charge in [-0.25, -0.2) is 9.97 Å². The lowest BCUT2D eigenvalue weighted by molar-refractivity contribution is 0.835. The van der Waals surface area contributed by atoms with Crippen molar-refractivity contribution < 1.29 is 0 Å². The highest BCUT2D eigenvalue weighted by atomic mass is 35.5. The monoisotopic (exact) mass is 262 g/mol. The first-order chi connectivity index (χ1) is 8.50. The molecule has 0 saturated heterocycles. The number of aryl methyl sites for hydroxylation is 1. The maximum Gasteiger partial charge on any atom is 0.181 e. The minimum absolute atomic E-state index is 0.290. The number of hydrogen-bond donors (Lipinski definition) is 1. The molecule has 2 N–H and O–H groups in total. The molecule has 0 saturated carbocycles. The maximum atomic E-state index is 6.08. The lowest BCUT2D eigenvalue weighted by atomic mass is 10.0. The Kier molecular flexibility index (Phi) is 3.48. The number of nitrogens with two attached hydrogens (primary N) is 1. The quantitative estimate of drug-likeness (QED) is 0.903. The van der Waals surface area contributed by atoms with E-state index >= 15 is 0 Å². The third-order valence-electron chi connectivity index (χ3n) is 2.71. The fourth-order valence-corrected chi connectivity index (χ4v) is 2.18. The van der Waals surface area contributed by atoms with Gasteiger partial charge in [-0.1, -0.05) is 25.4 Å². The van der Waals surface area contributed by atoms with Crippen LogP contribution in [-0.2, 0) is 0 Å². The summed E-state index contributed by atoms with van der Waals surface area (Å²) >= 11 is 6.08. The minimum atomic E-state index is 0.290. The van der Waals surface area contributed by atoms with Crippen molar-refractivity contribution in [2.45, 2.75) is 26.7 Å². The zero-order valence-corrected chi connectivity index (χ0v) is 11.4. The highest BCUT2D eigenvalue weighted by molar-refractivity contribution is 6.32. The first kappa shape index (κ1) is 12.8. The molecule has 0 aliphatic rings. The van der Waals surface area contributed by atoms with E-state index in [9.17, 15) is 0 Å². The number of anilines is 1. The molecule has 0 spiro atoms. The summed E-state index contributed by atoms with van der Waals surface area (Å²) in [4.78, 5) is 12.9. The van der Waals surface area contributed by atoms with Crippen LogP contribution in [0.3, 0.4) is 0 Å². The summed E-state index contributed by atoms with van der Waals surface area (Å²) in [6, 6.07) is 3.53. The van der Waals surface area contributed by atoms with Crippen LogP contribution in [0.5, 0.6) is 0 Å². The lowest BCUT2D eigenvalue weighted by Crippen LogP contribution is -2.07. The molecule has 0 amide bonds. The summed E-state index contributed by atoms with van der Waals surface area (Å²) < 4.78 is 0. The molecule has 0 atom stereocenters. The number of nitrogen functional groups attached to an aromatic ring is 1. The van der Waals surface area contributed by atoms with Crippen molar-refractivity contribution in [2.75, 3.05) is 5.73 Å². The van der Waals surface area contributed by atoms with Gasteiger partial charge < -0.3 is 5.73 Å². The molecule has 2 aromatic rings. The minimum Gasteiger partial charge on any atom is -0.383 e. The summed E-state index contributed by atoms with van der Waals surface area (Å²) in [6.45, 7) is 6.05. The Morgan fingerprint density at radius 2 is 2.00 bits per heavy atom. The van der Waals surface area contributed by atoms with E-state index in [-0.39, 0.29) is 0 Å². The van der Waals surface area contributed by atoms with Gasteiger partial charge in [0.25, 0.3) is 0 Å².